The molecule has 0 saturated carbocycles. The Balaban J connectivity index is 2.48. The van der Waals surface area contributed by atoms with Crippen LogP contribution in [0.4, 0.5) is 5.69 Å². The first-order valence-electron chi connectivity index (χ1n) is 5.90. The lowest BCUT2D eigenvalue weighted by Crippen LogP contribution is -2.35. The molecule has 1 heterocycles. The van der Waals surface area contributed by atoms with Crippen LogP contribution in [0.15, 0.2) is 12.4 Å². The molecular weight excluding hydrogens is 234 g/mol. The molecule has 5 N–H and O–H groups in total. The zero-order valence-corrected chi connectivity index (χ0v) is 10.4. The van der Waals surface area contributed by atoms with Crippen LogP contribution in [0.1, 0.15) is 26.2 Å². The molecule has 0 radical (unpaired) electrons. The zero-order chi connectivity index (χ0) is 13.5. The number of hydrogen-bond acceptors (Lipinski definition) is 4. The molecule has 7 heteroatoms. The minimum atomic E-state index is -0.524. The SMILES string of the molecule is CCCCC(N)C(=O)Nc1cnn(CC(N)=O)c1. The summed E-state index contributed by atoms with van der Waals surface area (Å²) >= 11 is 0. The summed E-state index contributed by atoms with van der Waals surface area (Å²) in [6, 6.07) is -0.524. The maximum atomic E-state index is 11.7. The minimum absolute atomic E-state index is 0.0161. The van der Waals surface area contributed by atoms with E-state index in [0.29, 0.717) is 12.1 Å². The number of nitrogens with two attached hydrogens (primary N) is 2. The lowest BCUT2D eigenvalue weighted by Gasteiger charge is -2.09. The number of hydrogen-bond donors (Lipinski definition) is 3. The number of aromatic nitrogens is 2. The van der Waals surface area contributed by atoms with Gasteiger partial charge < -0.3 is 16.8 Å². The van der Waals surface area contributed by atoms with Crippen LogP contribution in [0.3, 0.4) is 0 Å². The van der Waals surface area contributed by atoms with Crippen LogP contribution in [-0.4, -0.2) is 27.6 Å². The summed E-state index contributed by atoms with van der Waals surface area (Å²) < 4.78 is 1.36. The van der Waals surface area contributed by atoms with Gasteiger partial charge in [-0.2, -0.15) is 5.10 Å². The van der Waals surface area contributed by atoms with Crippen molar-refractivity contribution < 1.29 is 9.59 Å². The molecule has 1 atom stereocenters. The molecule has 0 bridgehead atoms. The maximum Gasteiger partial charge on any atom is 0.241 e. The van der Waals surface area contributed by atoms with Crippen LogP contribution in [0.25, 0.3) is 0 Å². The number of nitrogens with zero attached hydrogens (tertiary/aromatic N) is 2. The van der Waals surface area contributed by atoms with Gasteiger partial charge in [-0.25, -0.2) is 0 Å². The second-order valence-corrected chi connectivity index (χ2v) is 4.13. The van der Waals surface area contributed by atoms with E-state index in [4.69, 9.17) is 11.5 Å². The van der Waals surface area contributed by atoms with Gasteiger partial charge in [0.15, 0.2) is 0 Å². The number of carbonyl (C=O) groups is 2. The van der Waals surface area contributed by atoms with Crippen molar-refractivity contribution >= 4 is 17.5 Å². The molecule has 1 rings (SSSR count). The van der Waals surface area contributed by atoms with Gasteiger partial charge in [0.25, 0.3) is 0 Å². The maximum absolute atomic E-state index is 11.7. The molecular formula is C11H19N5O2. The van der Waals surface area contributed by atoms with Gasteiger partial charge in [0.05, 0.1) is 17.9 Å². The quantitative estimate of drug-likeness (QED) is 0.625. The van der Waals surface area contributed by atoms with Crippen molar-refractivity contribution in [2.24, 2.45) is 11.5 Å². The smallest absolute Gasteiger partial charge is 0.241 e. The van der Waals surface area contributed by atoms with Gasteiger partial charge in [0, 0.05) is 6.20 Å². The molecule has 0 saturated heterocycles. The largest absolute Gasteiger partial charge is 0.368 e. The van der Waals surface area contributed by atoms with Gasteiger partial charge in [-0.1, -0.05) is 19.8 Å². The van der Waals surface area contributed by atoms with Gasteiger partial charge >= 0.3 is 0 Å². The minimum Gasteiger partial charge on any atom is -0.368 e. The molecule has 0 aliphatic heterocycles. The zero-order valence-electron chi connectivity index (χ0n) is 10.4. The van der Waals surface area contributed by atoms with E-state index in [0.717, 1.165) is 12.8 Å². The van der Waals surface area contributed by atoms with Crippen molar-refractivity contribution in [3.8, 4) is 0 Å². The molecule has 18 heavy (non-hydrogen) atoms. The molecule has 0 aliphatic carbocycles. The first-order chi connectivity index (χ1) is 8.52. The Morgan fingerprint density at radius 2 is 2.28 bits per heavy atom. The summed E-state index contributed by atoms with van der Waals surface area (Å²) in [4.78, 5) is 22.4. The highest BCUT2D eigenvalue weighted by atomic mass is 16.2. The molecule has 0 spiro atoms. The number of rotatable bonds is 7. The van der Waals surface area contributed by atoms with Crippen molar-refractivity contribution in [3.05, 3.63) is 12.4 Å². The van der Waals surface area contributed by atoms with Gasteiger partial charge in [-0.3, -0.25) is 14.3 Å². The van der Waals surface area contributed by atoms with E-state index in [1.807, 2.05) is 6.92 Å². The number of carbonyl (C=O) groups excluding carboxylic acids is 2. The van der Waals surface area contributed by atoms with Gasteiger partial charge in [0.1, 0.15) is 6.54 Å². The molecule has 1 aromatic rings. The monoisotopic (exact) mass is 253 g/mol. The van der Waals surface area contributed by atoms with Crippen LogP contribution in [-0.2, 0) is 16.1 Å². The number of anilines is 1. The average Bonchev–Trinajstić information content (AvgIpc) is 2.72. The molecule has 1 aromatic heterocycles. The Labute approximate surface area is 106 Å². The fraction of sp³-hybridized carbons (Fsp3) is 0.545. The van der Waals surface area contributed by atoms with Crippen LogP contribution in [0, 0.1) is 0 Å². The lowest BCUT2D eigenvalue weighted by atomic mass is 10.1. The van der Waals surface area contributed by atoms with E-state index < -0.39 is 11.9 Å². The number of primary amides is 1. The summed E-state index contributed by atoms with van der Waals surface area (Å²) in [7, 11) is 0. The van der Waals surface area contributed by atoms with Crippen LogP contribution in [0.2, 0.25) is 0 Å². The second-order valence-electron chi connectivity index (χ2n) is 4.13. The first kappa shape index (κ1) is 14.2. The van der Waals surface area contributed by atoms with E-state index in [9.17, 15) is 9.59 Å². The fourth-order valence-electron chi connectivity index (χ4n) is 1.46. The third-order valence-electron chi connectivity index (χ3n) is 2.42. The van der Waals surface area contributed by atoms with E-state index in [1.54, 1.807) is 0 Å². The van der Waals surface area contributed by atoms with Crippen molar-refractivity contribution in [2.75, 3.05) is 5.32 Å². The Kier molecular flexibility index (Phi) is 5.31. The molecule has 0 aliphatic rings. The molecule has 2 amide bonds. The highest BCUT2D eigenvalue weighted by molar-refractivity contribution is 5.94. The normalized spacial score (nSPS) is 12.1. The highest BCUT2D eigenvalue weighted by Gasteiger charge is 2.13. The number of unbranched alkanes of at least 4 members (excludes halogenated alkanes) is 1. The highest BCUT2D eigenvalue weighted by Crippen LogP contribution is 2.07. The predicted octanol–water partition coefficient (Wildman–Crippen LogP) is -0.176. The molecule has 100 valence electrons. The molecule has 7 nitrogen and oxygen atoms in total. The third-order valence-corrected chi connectivity index (χ3v) is 2.42. The van der Waals surface area contributed by atoms with Crippen molar-refractivity contribution in [2.45, 2.75) is 38.8 Å². The van der Waals surface area contributed by atoms with Crippen molar-refractivity contribution in [1.82, 2.24) is 9.78 Å². The number of amides is 2. The average molecular weight is 253 g/mol. The lowest BCUT2D eigenvalue weighted by molar-refractivity contribution is -0.119. The first-order valence-corrected chi connectivity index (χ1v) is 5.90. The van der Waals surface area contributed by atoms with E-state index in [-0.39, 0.29) is 12.5 Å². The van der Waals surface area contributed by atoms with Crippen LogP contribution < -0.4 is 16.8 Å². The molecule has 0 aromatic carbocycles. The Bertz CT molecular complexity index is 415. The summed E-state index contributed by atoms with van der Waals surface area (Å²) in [5.41, 5.74) is 11.3. The third kappa shape index (κ3) is 4.54. The van der Waals surface area contributed by atoms with Crippen molar-refractivity contribution in [1.29, 1.82) is 0 Å². The van der Waals surface area contributed by atoms with Crippen LogP contribution in [0.5, 0.6) is 0 Å². The summed E-state index contributed by atoms with van der Waals surface area (Å²) in [5.74, 6) is -0.738. The van der Waals surface area contributed by atoms with E-state index in [1.165, 1.54) is 17.1 Å². The van der Waals surface area contributed by atoms with Crippen molar-refractivity contribution in [3.63, 3.8) is 0 Å². The standard InChI is InChI=1S/C11H19N5O2/c1-2-3-4-9(12)11(18)15-8-5-14-16(6-8)7-10(13)17/h5-6,9H,2-4,7,12H2,1H3,(H2,13,17)(H,15,18). The van der Waals surface area contributed by atoms with Gasteiger partial charge in [-0.15, -0.1) is 0 Å². The summed E-state index contributed by atoms with van der Waals surface area (Å²) in [5, 5.41) is 6.54. The topological polar surface area (TPSA) is 116 Å². The fourth-order valence-corrected chi connectivity index (χ4v) is 1.46. The Hall–Kier alpha value is -1.89. The Morgan fingerprint density at radius 1 is 1.56 bits per heavy atom. The predicted molar refractivity (Wildman–Crippen MR) is 67.6 cm³/mol. The van der Waals surface area contributed by atoms with Gasteiger partial charge in [-0.05, 0) is 6.42 Å². The Morgan fingerprint density at radius 3 is 2.89 bits per heavy atom. The van der Waals surface area contributed by atoms with Crippen LogP contribution >= 0.6 is 0 Å². The second kappa shape index (κ2) is 6.75. The molecule has 0 fully saturated rings. The number of nitrogens with one attached hydrogen (secondary N) is 1. The summed E-state index contributed by atoms with van der Waals surface area (Å²) in [6.45, 7) is 2.02. The van der Waals surface area contributed by atoms with E-state index >= 15 is 0 Å². The van der Waals surface area contributed by atoms with Gasteiger partial charge in [0.2, 0.25) is 11.8 Å². The molecule has 1 unspecified atom stereocenters. The van der Waals surface area contributed by atoms with E-state index in [2.05, 4.69) is 10.4 Å². The summed E-state index contributed by atoms with van der Waals surface area (Å²) in [6.07, 6.45) is 5.55.